The summed E-state index contributed by atoms with van der Waals surface area (Å²) < 4.78 is 0. The first kappa shape index (κ1) is 12.2. The summed E-state index contributed by atoms with van der Waals surface area (Å²) in [6, 6.07) is 15.4. The predicted octanol–water partition coefficient (Wildman–Crippen LogP) is 3.37. The van der Waals surface area contributed by atoms with Gasteiger partial charge in [-0.2, -0.15) is 0 Å². The van der Waals surface area contributed by atoms with Crippen LogP contribution in [0, 0.1) is 0 Å². The molecule has 0 aliphatic carbocycles. The lowest BCUT2D eigenvalue weighted by atomic mass is 9.98. The van der Waals surface area contributed by atoms with E-state index >= 15 is 0 Å². The third-order valence-corrected chi connectivity index (χ3v) is 3.95. The van der Waals surface area contributed by atoms with Crippen molar-refractivity contribution >= 4 is 5.69 Å². The van der Waals surface area contributed by atoms with Gasteiger partial charge < -0.3 is 10.6 Å². The van der Waals surface area contributed by atoms with E-state index in [9.17, 15) is 0 Å². The Balaban J connectivity index is 2.01. The van der Waals surface area contributed by atoms with Gasteiger partial charge in [0.15, 0.2) is 0 Å². The number of nitrogens with two attached hydrogens (primary N) is 1. The van der Waals surface area contributed by atoms with Gasteiger partial charge in [0.05, 0.1) is 0 Å². The van der Waals surface area contributed by atoms with Crippen LogP contribution < -0.4 is 10.6 Å². The SMILES string of the molecule is CC(N)c1cccc(-c2ccc3c(c2)CCN3C)c1. The zero-order chi connectivity index (χ0) is 13.4. The summed E-state index contributed by atoms with van der Waals surface area (Å²) >= 11 is 0. The molecule has 0 fully saturated rings. The quantitative estimate of drug-likeness (QED) is 0.888. The normalized spacial score (nSPS) is 15.4. The molecule has 1 aliphatic rings. The standard InChI is InChI=1S/C17H20N2/c1-12(18)13-4-3-5-14(10-13)15-6-7-17-16(11-15)8-9-19(17)2/h3-7,10-12H,8-9,18H2,1-2H3. The maximum Gasteiger partial charge on any atom is 0.0397 e. The minimum absolute atomic E-state index is 0.0838. The summed E-state index contributed by atoms with van der Waals surface area (Å²) in [5.41, 5.74) is 12.5. The van der Waals surface area contributed by atoms with Crippen molar-refractivity contribution in [3.8, 4) is 11.1 Å². The molecular weight excluding hydrogens is 232 g/mol. The van der Waals surface area contributed by atoms with E-state index in [0.29, 0.717) is 0 Å². The van der Waals surface area contributed by atoms with E-state index in [1.54, 1.807) is 0 Å². The summed E-state index contributed by atoms with van der Waals surface area (Å²) in [6.07, 6.45) is 1.15. The Bertz CT molecular complexity index is 602. The lowest BCUT2D eigenvalue weighted by Gasteiger charge is -2.13. The summed E-state index contributed by atoms with van der Waals surface area (Å²) in [4.78, 5) is 2.32. The molecule has 1 aliphatic heterocycles. The van der Waals surface area contributed by atoms with Crippen LogP contribution in [-0.4, -0.2) is 13.6 Å². The molecule has 2 N–H and O–H groups in total. The second-order valence-electron chi connectivity index (χ2n) is 5.43. The number of hydrogen-bond acceptors (Lipinski definition) is 2. The van der Waals surface area contributed by atoms with Crippen molar-refractivity contribution in [2.45, 2.75) is 19.4 Å². The average molecular weight is 252 g/mol. The molecule has 1 heterocycles. The summed E-state index contributed by atoms with van der Waals surface area (Å²) in [5, 5.41) is 0. The molecule has 0 aromatic heterocycles. The fourth-order valence-electron chi connectivity index (χ4n) is 2.75. The number of nitrogens with zero attached hydrogens (tertiary/aromatic N) is 1. The zero-order valence-corrected chi connectivity index (χ0v) is 11.6. The van der Waals surface area contributed by atoms with Gasteiger partial charge >= 0.3 is 0 Å². The highest BCUT2D eigenvalue weighted by molar-refractivity contribution is 5.71. The molecule has 0 saturated carbocycles. The third-order valence-electron chi connectivity index (χ3n) is 3.95. The fourth-order valence-corrected chi connectivity index (χ4v) is 2.75. The number of hydrogen-bond donors (Lipinski definition) is 1. The third kappa shape index (κ3) is 2.24. The second kappa shape index (κ2) is 4.71. The van der Waals surface area contributed by atoms with Gasteiger partial charge in [0.25, 0.3) is 0 Å². The molecule has 1 unspecified atom stereocenters. The van der Waals surface area contributed by atoms with Crippen LogP contribution in [0.2, 0.25) is 0 Å². The minimum atomic E-state index is 0.0838. The van der Waals surface area contributed by atoms with Crippen LogP contribution in [0.15, 0.2) is 42.5 Å². The van der Waals surface area contributed by atoms with Gasteiger partial charge in [0.1, 0.15) is 0 Å². The number of likely N-dealkylation sites (N-methyl/N-ethyl adjacent to an activating group) is 1. The molecule has 0 spiro atoms. The Morgan fingerprint density at radius 1 is 1.11 bits per heavy atom. The maximum absolute atomic E-state index is 5.96. The van der Waals surface area contributed by atoms with Crippen molar-refractivity contribution in [3.63, 3.8) is 0 Å². The van der Waals surface area contributed by atoms with E-state index in [0.717, 1.165) is 13.0 Å². The summed E-state index contributed by atoms with van der Waals surface area (Å²) in [5.74, 6) is 0. The number of fused-ring (bicyclic) bond motifs is 1. The van der Waals surface area contributed by atoms with Crippen LogP contribution in [-0.2, 0) is 6.42 Å². The second-order valence-corrected chi connectivity index (χ2v) is 5.43. The Kier molecular flexibility index (Phi) is 3.03. The van der Waals surface area contributed by atoms with Crippen LogP contribution in [0.4, 0.5) is 5.69 Å². The van der Waals surface area contributed by atoms with Crippen molar-refractivity contribution in [1.82, 2.24) is 0 Å². The van der Waals surface area contributed by atoms with Crippen LogP contribution >= 0.6 is 0 Å². The van der Waals surface area contributed by atoms with Gasteiger partial charge in [-0.1, -0.05) is 24.3 Å². The largest absolute Gasteiger partial charge is 0.374 e. The van der Waals surface area contributed by atoms with E-state index in [1.165, 1.54) is 27.9 Å². The van der Waals surface area contributed by atoms with Gasteiger partial charge in [-0.05, 0) is 53.8 Å². The van der Waals surface area contributed by atoms with Gasteiger partial charge in [-0.25, -0.2) is 0 Å². The Morgan fingerprint density at radius 2 is 1.89 bits per heavy atom. The lowest BCUT2D eigenvalue weighted by Crippen LogP contribution is -2.12. The van der Waals surface area contributed by atoms with Crippen molar-refractivity contribution in [2.75, 3.05) is 18.5 Å². The van der Waals surface area contributed by atoms with Crippen molar-refractivity contribution in [3.05, 3.63) is 53.6 Å². The lowest BCUT2D eigenvalue weighted by molar-refractivity contribution is 0.819. The van der Waals surface area contributed by atoms with Gasteiger partial charge in [-0.15, -0.1) is 0 Å². The zero-order valence-electron chi connectivity index (χ0n) is 11.6. The first-order valence-electron chi connectivity index (χ1n) is 6.85. The molecule has 19 heavy (non-hydrogen) atoms. The molecule has 98 valence electrons. The van der Waals surface area contributed by atoms with Crippen LogP contribution in [0.25, 0.3) is 11.1 Å². The molecule has 3 rings (SSSR count). The van der Waals surface area contributed by atoms with Gasteiger partial charge in [0, 0.05) is 25.3 Å². The van der Waals surface area contributed by atoms with Crippen LogP contribution in [0.3, 0.4) is 0 Å². The van der Waals surface area contributed by atoms with Crippen LogP contribution in [0.1, 0.15) is 24.1 Å². The summed E-state index contributed by atoms with van der Waals surface area (Å²) in [6.45, 7) is 3.15. The van der Waals surface area contributed by atoms with Crippen molar-refractivity contribution in [1.29, 1.82) is 0 Å². The molecular formula is C17H20N2. The fraction of sp³-hybridized carbons (Fsp3) is 0.294. The number of anilines is 1. The molecule has 2 heteroatoms. The minimum Gasteiger partial charge on any atom is -0.374 e. The van der Waals surface area contributed by atoms with E-state index < -0.39 is 0 Å². The van der Waals surface area contributed by atoms with Crippen LogP contribution in [0.5, 0.6) is 0 Å². The molecule has 2 aromatic rings. The van der Waals surface area contributed by atoms with E-state index in [4.69, 9.17) is 5.73 Å². The molecule has 0 saturated heterocycles. The monoisotopic (exact) mass is 252 g/mol. The molecule has 1 atom stereocenters. The first-order valence-corrected chi connectivity index (χ1v) is 6.85. The molecule has 0 amide bonds. The van der Waals surface area contributed by atoms with Crippen molar-refractivity contribution in [2.24, 2.45) is 5.73 Å². The molecule has 0 bridgehead atoms. The van der Waals surface area contributed by atoms with Gasteiger partial charge in [-0.3, -0.25) is 0 Å². The van der Waals surface area contributed by atoms with Gasteiger partial charge in [0.2, 0.25) is 0 Å². The molecule has 0 radical (unpaired) electrons. The van der Waals surface area contributed by atoms with E-state index in [2.05, 4.69) is 54.4 Å². The topological polar surface area (TPSA) is 29.3 Å². The Morgan fingerprint density at radius 3 is 2.68 bits per heavy atom. The van der Waals surface area contributed by atoms with Crippen molar-refractivity contribution < 1.29 is 0 Å². The Hall–Kier alpha value is -1.80. The highest BCUT2D eigenvalue weighted by atomic mass is 15.1. The number of benzene rings is 2. The smallest absolute Gasteiger partial charge is 0.0397 e. The first-order chi connectivity index (χ1) is 9.15. The molecule has 2 nitrogen and oxygen atoms in total. The highest BCUT2D eigenvalue weighted by Gasteiger charge is 2.15. The predicted molar refractivity (Wildman–Crippen MR) is 81.5 cm³/mol. The van der Waals surface area contributed by atoms with E-state index in [-0.39, 0.29) is 6.04 Å². The summed E-state index contributed by atoms with van der Waals surface area (Å²) in [7, 11) is 2.15. The Labute approximate surface area is 114 Å². The maximum atomic E-state index is 5.96. The average Bonchev–Trinajstić information content (AvgIpc) is 2.80. The molecule has 2 aromatic carbocycles. The highest BCUT2D eigenvalue weighted by Crippen LogP contribution is 2.31. The van der Waals surface area contributed by atoms with E-state index in [1.807, 2.05) is 6.92 Å². The number of rotatable bonds is 2.